The van der Waals surface area contributed by atoms with E-state index in [0.717, 1.165) is 0 Å². The van der Waals surface area contributed by atoms with E-state index in [9.17, 15) is 13.2 Å². The van der Waals surface area contributed by atoms with Crippen molar-refractivity contribution < 1.29 is 13.2 Å². The Morgan fingerprint density at radius 1 is 1.50 bits per heavy atom. The summed E-state index contributed by atoms with van der Waals surface area (Å²) in [6.45, 7) is 1.18. The maximum atomic E-state index is 11.4. The molecule has 0 saturated carbocycles. The highest BCUT2D eigenvalue weighted by molar-refractivity contribution is 5.96. The molecule has 0 unspecified atom stereocenters. The monoisotopic (exact) mass is 153 g/mol. The van der Waals surface area contributed by atoms with E-state index < -0.39 is 12.0 Å². The van der Waals surface area contributed by atoms with Crippen LogP contribution in [-0.4, -0.2) is 17.8 Å². The first-order valence-corrected chi connectivity index (χ1v) is 2.30. The zero-order valence-electron chi connectivity index (χ0n) is 5.16. The molecule has 0 aliphatic heterocycles. The van der Waals surface area contributed by atoms with Gasteiger partial charge < -0.3 is 5.73 Å². The summed E-state index contributed by atoms with van der Waals surface area (Å²) < 4.78 is 34.3. The molecule has 0 spiro atoms. The van der Waals surface area contributed by atoms with Crippen molar-refractivity contribution in [3.05, 3.63) is 0 Å². The van der Waals surface area contributed by atoms with Gasteiger partial charge in [0, 0.05) is 0 Å². The van der Waals surface area contributed by atoms with Gasteiger partial charge in [0.15, 0.2) is 0 Å². The Morgan fingerprint density at radius 3 is 2.00 bits per heavy atom. The predicted octanol–water partition coefficient (Wildman–Crippen LogP) is 0.903. The van der Waals surface area contributed by atoms with Crippen LogP contribution in [0, 0.1) is 5.41 Å². The number of rotatable bonds is 0. The van der Waals surface area contributed by atoms with Gasteiger partial charge in [-0.15, -0.1) is 0 Å². The minimum atomic E-state index is -4.69. The highest BCUT2D eigenvalue weighted by Crippen LogP contribution is 2.16. The van der Waals surface area contributed by atoms with Gasteiger partial charge in [-0.05, 0) is 6.92 Å². The fraction of sp³-hybridized carbons (Fsp3) is 0.500. The molecule has 58 valence electrons. The zero-order chi connectivity index (χ0) is 8.36. The number of halogens is 3. The average molecular weight is 153 g/mol. The lowest BCUT2D eigenvalue weighted by Crippen LogP contribution is -2.22. The minimum Gasteiger partial charge on any atom is -0.387 e. The van der Waals surface area contributed by atoms with E-state index in [-0.39, 0.29) is 5.84 Å². The Hall–Kier alpha value is -1.07. The van der Waals surface area contributed by atoms with E-state index in [1.165, 1.54) is 6.92 Å². The van der Waals surface area contributed by atoms with Crippen molar-refractivity contribution in [3.8, 4) is 0 Å². The van der Waals surface area contributed by atoms with E-state index >= 15 is 0 Å². The van der Waals surface area contributed by atoms with Crippen molar-refractivity contribution in [1.29, 1.82) is 5.41 Å². The van der Waals surface area contributed by atoms with Gasteiger partial charge in [-0.2, -0.15) is 13.2 Å². The quantitative estimate of drug-likeness (QED) is 0.394. The molecule has 3 N–H and O–H groups in total. The molecule has 0 amide bonds. The molecule has 0 aliphatic rings. The topological polar surface area (TPSA) is 62.2 Å². The van der Waals surface area contributed by atoms with E-state index in [1.54, 1.807) is 0 Å². The fourth-order valence-corrected chi connectivity index (χ4v) is 0.240. The van der Waals surface area contributed by atoms with Crippen LogP contribution in [0.4, 0.5) is 13.2 Å². The number of nitrogens with zero attached hydrogens (tertiary/aromatic N) is 1. The zero-order valence-corrected chi connectivity index (χ0v) is 5.16. The molecule has 0 aromatic heterocycles. The van der Waals surface area contributed by atoms with Crippen molar-refractivity contribution in [2.45, 2.75) is 13.1 Å². The lowest BCUT2D eigenvalue weighted by molar-refractivity contribution is -0.0604. The van der Waals surface area contributed by atoms with Gasteiger partial charge in [-0.1, -0.05) is 0 Å². The van der Waals surface area contributed by atoms with Crippen LogP contribution < -0.4 is 5.73 Å². The number of nitrogens with two attached hydrogens (primary N) is 1. The van der Waals surface area contributed by atoms with Gasteiger partial charge in [0.2, 0.25) is 5.84 Å². The SMILES string of the molecule is CC(N)=NC(=N)C(F)(F)F. The lowest BCUT2D eigenvalue weighted by atomic mass is 10.6. The highest BCUT2D eigenvalue weighted by Gasteiger charge is 2.34. The normalized spacial score (nSPS) is 13.4. The summed E-state index contributed by atoms with van der Waals surface area (Å²) in [5, 5.41) is 6.28. The molecule has 0 rings (SSSR count). The van der Waals surface area contributed by atoms with Crippen LogP contribution in [0.5, 0.6) is 0 Å². The summed E-state index contributed by atoms with van der Waals surface area (Å²) in [6, 6.07) is 0. The molecule has 3 nitrogen and oxygen atoms in total. The second kappa shape index (κ2) is 2.68. The number of alkyl halides is 3. The van der Waals surface area contributed by atoms with Crippen molar-refractivity contribution in [2.24, 2.45) is 10.7 Å². The standard InChI is InChI=1S/C4H6F3N3/c1-2(8)10-3(9)4(5,6)7/h1H3,(H3,8,9,10). The van der Waals surface area contributed by atoms with Crippen LogP contribution in [0.3, 0.4) is 0 Å². The third-order valence-corrected chi connectivity index (χ3v) is 0.557. The summed E-state index contributed by atoms with van der Waals surface area (Å²) in [4.78, 5) is 2.70. The average Bonchev–Trinajstić information content (AvgIpc) is 1.60. The summed E-state index contributed by atoms with van der Waals surface area (Å²) in [7, 11) is 0. The second-order valence-corrected chi connectivity index (χ2v) is 1.60. The molecule has 0 saturated heterocycles. The second-order valence-electron chi connectivity index (χ2n) is 1.60. The van der Waals surface area contributed by atoms with Crippen LogP contribution in [-0.2, 0) is 0 Å². The first-order chi connectivity index (χ1) is 4.34. The molecular formula is C4H6F3N3. The van der Waals surface area contributed by atoms with Crippen LogP contribution >= 0.6 is 0 Å². The van der Waals surface area contributed by atoms with Gasteiger partial charge in [-0.3, -0.25) is 5.41 Å². The Bertz CT molecular complexity index is 165. The number of hydrogen-bond acceptors (Lipinski definition) is 1. The van der Waals surface area contributed by atoms with Crippen molar-refractivity contribution in [3.63, 3.8) is 0 Å². The van der Waals surface area contributed by atoms with E-state index in [1.807, 2.05) is 0 Å². The molecule has 0 aromatic rings. The Labute approximate surface area is 55.3 Å². The molecule has 0 radical (unpaired) electrons. The van der Waals surface area contributed by atoms with Gasteiger partial charge in [0.25, 0.3) is 0 Å². The predicted molar refractivity (Wildman–Crippen MR) is 31.1 cm³/mol. The molecule has 6 heteroatoms. The number of hydrogen-bond donors (Lipinski definition) is 2. The molecule has 0 fully saturated rings. The van der Waals surface area contributed by atoms with Crippen LogP contribution in [0.15, 0.2) is 4.99 Å². The molecule has 0 heterocycles. The fourth-order valence-electron chi connectivity index (χ4n) is 0.240. The van der Waals surface area contributed by atoms with E-state index in [0.29, 0.717) is 0 Å². The van der Waals surface area contributed by atoms with Crippen molar-refractivity contribution in [1.82, 2.24) is 0 Å². The van der Waals surface area contributed by atoms with Crippen molar-refractivity contribution >= 4 is 11.7 Å². The van der Waals surface area contributed by atoms with Gasteiger partial charge in [-0.25, -0.2) is 4.99 Å². The highest BCUT2D eigenvalue weighted by atomic mass is 19.4. The molecule has 0 aliphatic carbocycles. The number of nitrogens with one attached hydrogen (secondary N) is 1. The Kier molecular flexibility index (Phi) is 2.39. The summed E-state index contributed by atoms with van der Waals surface area (Å²) >= 11 is 0. The molecule has 0 atom stereocenters. The van der Waals surface area contributed by atoms with Crippen LogP contribution in [0.2, 0.25) is 0 Å². The smallest absolute Gasteiger partial charge is 0.387 e. The molecule has 10 heavy (non-hydrogen) atoms. The van der Waals surface area contributed by atoms with Crippen LogP contribution in [0.25, 0.3) is 0 Å². The summed E-state index contributed by atoms with van der Waals surface area (Å²) in [5.74, 6) is -1.95. The first kappa shape index (κ1) is 8.93. The largest absolute Gasteiger partial charge is 0.450 e. The van der Waals surface area contributed by atoms with Crippen molar-refractivity contribution in [2.75, 3.05) is 0 Å². The third-order valence-electron chi connectivity index (χ3n) is 0.557. The third kappa shape index (κ3) is 3.06. The number of aliphatic imine (C=N–C) groups is 1. The summed E-state index contributed by atoms with van der Waals surface area (Å²) in [6.07, 6.45) is -4.69. The van der Waals surface area contributed by atoms with E-state index in [2.05, 4.69) is 4.99 Å². The molecule has 0 bridgehead atoms. The van der Waals surface area contributed by atoms with Gasteiger partial charge >= 0.3 is 6.18 Å². The Morgan fingerprint density at radius 2 is 1.90 bits per heavy atom. The lowest BCUT2D eigenvalue weighted by Gasteiger charge is -2.01. The maximum absolute atomic E-state index is 11.4. The molecule has 0 aromatic carbocycles. The van der Waals surface area contributed by atoms with E-state index in [4.69, 9.17) is 11.1 Å². The number of amidine groups is 2. The summed E-state index contributed by atoms with van der Waals surface area (Å²) in [5.41, 5.74) is 4.80. The Balaban J connectivity index is 4.27. The van der Waals surface area contributed by atoms with Gasteiger partial charge in [0.05, 0.1) is 5.84 Å². The first-order valence-electron chi connectivity index (χ1n) is 2.30. The van der Waals surface area contributed by atoms with Crippen LogP contribution in [0.1, 0.15) is 6.92 Å². The minimum absolute atomic E-state index is 0.276. The maximum Gasteiger partial charge on any atom is 0.450 e. The molecular weight excluding hydrogens is 147 g/mol. The van der Waals surface area contributed by atoms with Gasteiger partial charge in [0.1, 0.15) is 0 Å².